The van der Waals surface area contributed by atoms with Gasteiger partial charge >= 0.3 is 0 Å². The molecule has 6 nitrogen and oxygen atoms in total. The largest absolute Gasteiger partial charge is 0.320 e. The highest BCUT2D eigenvalue weighted by Crippen LogP contribution is 2.30. The Morgan fingerprint density at radius 2 is 1.93 bits per heavy atom. The van der Waals surface area contributed by atoms with Gasteiger partial charge in [-0.1, -0.05) is 29.8 Å². The second-order valence-corrected chi connectivity index (χ2v) is 7.99. The van der Waals surface area contributed by atoms with E-state index in [1.54, 1.807) is 35.2 Å². The molecule has 0 bridgehead atoms. The van der Waals surface area contributed by atoms with Crippen molar-refractivity contribution in [2.75, 3.05) is 16.8 Å². The molecule has 0 unspecified atom stereocenters. The van der Waals surface area contributed by atoms with E-state index in [-0.39, 0.29) is 11.8 Å². The van der Waals surface area contributed by atoms with Gasteiger partial charge in [-0.3, -0.25) is 14.5 Å². The van der Waals surface area contributed by atoms with Crippen LogP contribution in [0.4, 0.5) is 11.6 Å². The number of carbonyl (C=O) groups excluding carboxylic acids is 2. The van der Waals surface area contributed by atoms with E-state index in [1.807, 2.05) is 34.2 Å². The molecule has 2 amide bonds. The molecule has 1 N–H and O–H groups in total. The maximum atomic E-state index is 13.2. The number of fused-ring (bicyclic) bond motifs is 3. The van der Waals surface area contributed by atoms with E-state index in [0.717, 1.165) is 11.0 Å². The third-order valence-electron chi connectivity index (χ3n) is 4.87. The van der Waals surface area contributed by atoms with Crippen molar-refractivity contribution in [2.45, 2.75) is 6.54 Å². The van der Waals surface area contributed by atoms with Crippen LogP contribution in [0.25, 0.3) is 11.0 Å². The quantitative estimate of drug-likeness (QED) is 0.522. The fraction of sp³-hybridized carbons (Fsp3) is 0.0952. The Kier molecular flexibility index (Phi) is 4.34. The summed E-state index contributed by atoms with van der Waals surface area (Å²) in [5.74, 6) is 0.201. The summed E-state index contributed by atoms with van der Waals surface area (Å²) in [6.45, 7) is 1.24. The van der Waals surface area contributed by atoms with Crippen LogP contribution in [-0.4, -0.2) is 27.9 Å². The Bertz CT molecular complexity index is 1250. The molecule has 0 aliphatic carbocycles. The van der Waals surface area contributed by atoms with Gasteiger partial charge in [-0.25, -0.2) is 4.98 Å². The lowest BCUT2D eigenvalue weighted by Crippen LogP contribution is -2.29. The molecule has 0 radical (unpaired) electrons. The molecule has 5 rings (SSSR count). The van der Waals surface area contributed by atoms with Gasteiger partial charge in [-0.2, -0.15) is 0 Å². The lowest BCUT2D eigenvalue weighted by atomic mass is 10.1. The number of benzene rings is 2. The Labute approximate surface area is 175 Å². The summed E-state index contributed by atoms with van der Waals surface area (Å²) >= 11 is 7.59. The minimum atomic E-state index is -0.255. The summed E-state index contributed by atoms with van der Waals surface area (Å²) < 4.78 is 2.04. The van der Waals surface area contributed by atoms with Crippen molar-refractivity contribution in [3.05, 3.63) is 75.4 Å². The van der Waals surface area contributed by atoms with Crippen LogP contribution in [0, 0.1) is 0 Å². The van der Waals surface area contributed by atoms with Gasteiger partial charge in [0.05, 0.1) is 26.6 Å². The molecular weight excluding hydrogens is 408 g/mol. The predicted molar refractivity (Wildman–Crippen MR) is 115 cm³/mol. The van der Waals surface area contributed by atoms with Gasteiger partial charge in [0.15, 0.2) is 0 Å². The Balaban J connectivity index is 1.45. The normalized spacial score (nSPS) is 12.9. The van der Waals surface area contributed by atoms with Crippen LogP contribution in [-0.2, 0) is 6.54 Å². The number of thiophene rings is 1. The second kappa shape index (κ2) is 7.02. The number of anilines is 2. The van der Waals surface area contributed by atoms with Crippen LogP contribution in [0.5, 0.6) is 0 Å². The van der Waals surface area contributed by atoms with Crippen molar-refractivity contribution < 1.29 is 9.59 Å². The Morgan fingerprint density at radius 1 is 1.07 bits per heavy atom. The van der Waals surface area contributed by atoms with Crippen LogP contribution < -0.4 is 10.2 Å². The third kappa shape index (κ3) is 3.08. The molecule has 29 heavy (non-hydrogen) atoms. The predicted octanol–water partition coefficient (Wildman–Crippen LogP) is 4.66. The summed E-state index contributed by atoms with van der Waals surface area (Å²) in [4.78, 5) is 32.4. The van der Waals surface area contributed by atoms with E-state index >= 15 is 0 Å². The monoisotopic (exact) mass is 422 g/mol. The van der Waals surface area contributed by atoms with Crippen LogP contribution in [0.3, 0.4) is 0 Å². The van der Waals surface area contributed by atoms with Crippen molar-refractivity contribution in [2.24, 2.45) is 0 Å². The van der Waals surface area contributed by atoms with E-state index in [2.05, 4.69) is 10.3 Å². The number of nitrogens with zero attached hydrogens (tertiary/aromatic N) is 3. The molecule has 1 aliphatic heterocycles. The highest BCUT2D eigenvalue weighted by Gasteiger charge is 2.29. The van der Waals surface area contributed by atoms with Gasteiger partial charge in [0.25, 0.3) is 11.8 Å². The highest BCUT2D eigenvalue weighted by atomic mass is 35.5. The minimum Gasteiger partial charge on any atom is -0.320 e. The van der Waals surface area contributed by atoms with E-state index < -0.39 is 0 Å². The number of para-hydroxylation sites is 2. The fourth-order valence-corrected chi connectivity index (χ4v) is 4.27. The molecule has 2 aromatic heterocycles. The standard InChI is InChI=1S/C21H15ClN4O2S/c22-14-8-7-13(12-16(14)23-19(27)18-6-3-11-29-18)20(28)26-10-9-25-17-5-2-1-4-15(17)24-21(25)26/h1-8,11-12H,9-10H2,(H,23,27). The number of nitrogens with one attached hydrogen (secondary N) is 1. The van der Waals surface area contributed by atoms with Gasteiger partial charge in [0, 0.05) is 18.7 Å². The van der Waals surface area contributed by atoms with Crippen molar-refractivity contribution in [1.29, 1.82) is 0 Å². The van der Waals surface area contributed by atoms with Crippen LogP contribution >= 0.6 is 22.9 Å². The first-order chi connectivity index (χ1) is 14.1. The fourth-order valence-electron chi connectivity index (χ4n) is 3.48. The zero-order chi connectivity index (χ0) is 20.0. The number of carbonyl (C=O) groups is 2. The number of rotatable bonds is 3. The number of imidazole rings is 1. The Hall–Kier alpha value is -3.16. The first kappa shape index (κ1) is 17.9. The van der Waals surface area contributed by atoms with Crippen molar-refractivity contribution in [1.82, 2.24) is 9.55 Å². The molecule has 0 atom stereocenters. The van der Waals surface area contributed by atoms with Crippen molar-refractivity contribution >= 4 is 57.4 Å². The molecule has 0 spiro atoms. The van der Waals surface area contributed by atoms with Crippen LogP contribution in [0.1, 0.15) is 20.0 Å². The minimum absolute atomic E-state index is 0.178. The lowest BCUT2D eigenvalue weighted by molar-refractivity contribution is 0.0986. The molecule has 144 valence electrons. The van der Waals surface area contributed by atoms with Crippen LogP contribution in [0.15, 0.2) is 60.0 Å². The summed E-state index contributed by atoms with van der Waals surface area (Å²) in [5.41, 5.74) is 2.72. The van der Waals surface area contributed by atoms with Crippen molar-refractivity contribution in [3.63, 3.8) is 0 Å². The molecular formula is C21H15ClN4O2S. The van der Waals surface area contributed by atoms with Gasteiger partial charge in [0.2, 0.25) is 5.95 Å². The molecule has 3 heterocycles. The van der Waals surface area contributed by atoms with Crippen LogP contribution in [0.2, 0.25) is 5.02 Å². The summed E-state index contributed by atoms with van der Waals surface area (Å²) in [5, 5.41) is 4.99. The lowest BCUT2D eigenvalue weighted by Gasteiger charge is -2.15. The molecule has 0 saturated heterocycles. The first-order valence-electron chi connectivity index (χ1n) is 9.03. The van der Waals surface area contributed by atoms with Crippen molar-refractivity contribution in [3.8, 4) is 0 Å². The first-order valence-corrected chi connectivity index (χ1v) is 10.3. The number of amides is 2. The molecule has 1 aliphatic rings. The summed E-state index contributed by atoms with van der Waals surface area (Å²) in [6, 6.07) is 16.3. The number of halogens is 1. The highest BCUT2D eigenvalue weighted by molar-refractivity contribution is 7.12. The number of hydrogen-bond acceptors (Lipinski definition) is 4. The molecule has 4 aromatic rings. The maximum absolute atomic E-state index is 13.2. The molecule has 0 fully saturated rings. The topological polar surface area (TPSA) is 67.2 Å². The Morgan fingerprint density at radius 3 is 2.76 bits per heavy atom. The van der Waals surface area contributed by atoms with E-state index in [1.165, 1.54) is 11.3 Å². The maximum Gasteiger partial charge on any atom is 0.265 e. The van der Waals surface area contributed by atoms with Gasteiger partial charge in [-0.05, 0) is 41.8 Å². The van der Waals surface area contributed by atoms with Gasteiger partial charge < -0.3 is 9.88 Å². The average molecular weight is 423 g/mol. The number of aromatic nitrogens is 2. The van der Waals surface area contributed by atoms with Gasteiger partial charge in [0.1, 0.15) is 0 Å². The zero-order valence-corrected chi connectivity index (χ0v) is 16.7. The SMILES string of the molecule is O=C(Nc1cc(C(=O)N2CCn3c2nc2ccccc23)ccc1Cl)c1cccs1. The molecule has 8 heteroatoms. The van der Waals surface area contributed by atoms with E-state index in [0.29, 0.717) is 40.2 Å². The van der Waals surface area contributed by atoms with E-state index in [9.17, 15) is 9.59 Å². The van der Waals surface area contributed by atoms with E-state index in [4.69, 9.17) is 11.6 Å². The number of hydrogen-bond donors (Lipinski definition) is 1. The zero-order valence-electron chi connectivity index (χ0n) is 15.1. The average Bonchev–Trinajstić information content (AvgIpc) is 3.46. The summed E-state index contributed by atoms with van der Waals surface area (Å²) in [7, 11) is 0. The molecule has 2 aromatic carbocycles. The van der Waals surface area contributed by atoms with Gasteiger partial charge in [-0.15, -0.1) is 11.3 Å². The second-order valence-electron chi connectivity index (χ2n) is 6.63. The summed E-state index contributed by atoms with van der Waals surface area (Å²) in [6.07, 6.45) is 0. The third-order valence-corrected chi connectivity index (χ3v) is 6.07. The molecule has 0 saturated carbocycles. The smallest absolute Gasteiger partial charge is 0.265 e.